The van der Waals surface area contributed by atoms with Crippen LogP contribution in [0.4, 0.5) is 4.79 Å². The molecule has 47 heavy (non-hydrogen) atoms. The maximum atomic E-state index is 13.6. The fourth-order valence-corrected chi connectivity index (χ4v) is 4.56. The van der Waals surface area contributed by atoms with E-state index in [1.165, 1.54) is 37.8 Å². The Kier molecular flexibility index (Phi) is 21.2. The minimum atomic E-state index is -1.51. The van der Waals surface area contributed by atoms with Gasteiger partial charge in [0, 0.05) is 6.42 Å². The Balaban J connectivity index is 6.27. The second-order valence-corrected chi connectivity index (χ2v) is 13.4. The molecular formula is C33H56N4O9S. The first-order valence-corrected chi connectivity index (χ1v) is 17.4. The maximum Gasteiger partial charge on any atom is 0.408 e. The van der Waals surface area contributed by atoms with Gasteiger partial charge in [0.25, 0.3) is 5.91 Å². The molecule has 0 fully saturated rings. The number of carbonyl (C=O) groups excluding carboxylic acids is 6. The monoisotopic (exact) mass is 684 g/mol. The zero-order valence-electron chi connectivity index (χ0n) is 29.5. The molecule has 0 spiro atoms. The number of esters is 2. The van der Waals surface area contributed by atoms with Crippen molar-refractivity contribution in [3.05, 3.63) is 24.4 Å². The molecule has 4 amide bonds. The highest BCUT2D eigenvalue weighted by Crippen LogP contribution is 2.13. The standard InChI is InChI=1S/C33H56N4O9S/c1-11-14-15-16-26(38)34-24(17-19-47-10)28(39)37-27(29(40)35-23(13-3)30(41)44-18-12-2)22(6)45-31(42)25(20-21(4)5)36-32(43)46-33(7,8)9/h12-13,21-22,24-25,27H,2,11,14-20H2,1,3-10H3,(H,34,38)(H,35,40)(H,36,43)(H,37,39)/b23-13+/t22-,24+,25+,27+/m1/s1. The number of unbranched alkanes of at least 4 members (excludes halogenated alkanes) is 2. The van der Waals surface area contributed by atoms with Crippen molar-refractivity contribution in [3.8, 4) is 0 Å². The van der Waals surface area contributed by atoms with Crippen molar-refractivity contribution in [2.75, 3.05) is 18.6 Å². The Hall–Kier alpha value is -3.55. The summed E-state index contributed by atoms with van der Waals surface area (Å²) in [6.45, 7) is 17.1. The summed E-state index contributed by atoms with van der Waals surface area (Å²) < 4.78 is 16.0. The van der Waals surface area contributed by atoms with Crippen LogP contribution in [0, 0.1) is 5.92 Å². The van der Waals surface area contributed by atoms with Crippen LogP contribution >= 0.6 is 11.8 Å². The lowest BCUT2D eigenvalue weighted by Crippen LogP contribution is -2.58. The van der Waals surface area contributed by atoms with Gasteiger partial charge >= 0.3 is 18.0 Å². The molecule has 0 aliphatic rings. The van der Waals surface area contributed by atoms with Gasteiger partial charge in [0.2, 0.25) is 11.8 Å². The highest BCUT2D eigenvalue weighted by molar-refractivity contribution is 7.98. The van der Waals surface area contributed by atoms with Crippen LogP contribution < -0.4 is 21.3 Å². The number of thioether (sulfide) groups is 1. The van der Waals surface area contributed by atoms with E-state index in [1.54, 1.807) is 20.8 Å². The molecule has 0 saturated heterocycles. The third-order valence-electron chi connectivity index (χ3n) is 6.40. The van der Waals surface area contributed by atoms with Gasteiger partial charge in [-0.2, -0.15) is 11.8 Å². The van der Waals surface area contributed by atoms with Crippen molar-refractivity contribution in [2.24, 2.45) is 5.92 Å². The molecular weight excluding hydrogens is 628 g/mol. The van der Waals surface area contributed by atoms with Gasteiger partial charge in [0.1, 0.15) is 42.1 Å². The Morgan fingerprint density at radius 1 is 0.936 bits per heavy atom. The van der Waals surface area contributed by atoms with Crippen molar-refractivity contribution in [1.29, 1.82) is 0 Å². The molecule has 4 atom stereocenters. The molecule has 268 valence electrons. The Bertz CT molecular complexity index is 1090. The largest absolute Gasteiger partial charge is 0.458 e. The molecule has 0 bridgehead atoms. The Labute approximate surface area is 284 Å². The minimum Gasteiger partial charge on any atom is -0.458 e. The highest BCUT2D eigenvalue weighted by atomic mass is 32.2. The molecule has 0 unspecified atom stereocenters. The van der Waals surface area contributed by atoms with E-state index in [9.17, 15) is 28.8 Å². The van der Waals surface area contributed by atoms with E-state index in [0.717, 1.165) is 12.8 Å². The highest BCUT2D eigenvalue weighted by Gasteiger charge is 2.36. The molecule has 0 aliphatic carbocycles. The number of allylic oxidation sites excluding steroid dienone is 1. The second kappa shape index (κ2) is 22.9. The van der Waals surface area contributed by atoms with Gasteiger partial charge in [0.05, 0.1) is 0 Å². The number of amides is 4. The molecule has 0 radical (unpaired) electrons. The van der Waals surface area contributed by atoms with Gasteiger partial charge in [-0.15, -0.1) is 0 Å². The molecule has 4 N–H and O–H groups in total. The van der Waals surface area contributed by atoms with E-state index in [2.05, 4.69) is 27.8 Å². The zero-order valence-corrected chi connectivity index (χ0v) is 30.3. The van der Waals surface area contributed by atoms with Crippen LogP contribution in [0.1, 0.15) is 93.9 Å². The summed E-state index contributed by atoms with van der Waals surface area (Å²) in [7, 11) is 0. The topological polar surface area (TPSA) is 178 Å². The molecule has 14 heteroatoms. The maximum absolute atomic E-state index is 13.6. The molecule has 0 aromatic carbocycles. The van der Waals surface area contributed by atoms with Crippen LogP contribution in [0.5, 0.6) is 0 Å². The van der Waals surface area contributed by atoms with Crippen LogP contribution in [0.15, 0.2) is 24.4 Å². The number of nitrogens with one attached hydrogen (secondary N) is 4. The Morgan fingerprint density at radius 3 is 2.13 bits per heavy atom. The van der Waals surface area contributed by atoms with E-state index in [4.69, 9.17) is 14.2 Å². The van der Waals surface area contributed by atoms with E-state index in [1.807, 2.05) is 27.0 Å². The first-order chi connectivity index (χ1) is 22.0. The van der Waals surface area contributed by atoms with Crippen LogP contribution in [-0.2, 0) is 38.2 Å². The van der Waals surface area contributed by atoms with Gasteiger partial charge in [-0.1, -0.05) is 52.3 Å². The summed E-state index contributed by atoms with van der Waals surface area (Å²) in [6.07, 6.45) is 5.62. The fourth-order valence-electron chi connectivity index (χ4n) is 4.09. The van der Waals surface area contributed by atoms with Crippen LogP contribution in [0.2, 0.25) is 0 Å². The van der Waals surface area contributed by atoms with Crippen molar-refractivity contribution in [2.45, 2.75) is 124 Å². The first kappa shape index (κ1) is 43.5. The van der Waals surface area contributed by atoms with Crippen molar-refractivity contribution in [1.82, 2.24) is 21.3 Å². The molecule has 0 aromatic rings. The van der Waals surface area contributed by atoms with Crippen LogP contribution in [0.25, 0.3) is 0 Å². The lowest BCUT2D eigenvalue weighted by Gasteiger charge is -2.29. The zero-order chi connectivity index (χ0) is 36.2. The number of alkyl carbamates (subject to hydrolysis) is 1. The van der Waals surface area contributed by atoms with E-state index in [0.29, 0.717) is 12.2 Å². The van der Waals surface area contributed by atoms with E-state index in [-0.39, 0.29) is 43.4 Å². The number of rotatable bonds is 21. The summed E-state index contributed by atoms with van der Waals surface area (Å²) in [6, 6.07) is -3.61. The molecule has 0 heterocycles. The molecule has 0 rings (SSSR count). The summed E-state index contributed by atoms with van der Waals surface area (Å²) in [4.78, 5) is 78.1. The van der Waals surface area contributed by atoms with Crippen molar-refractivity contribution < 1.29 is 43.0 Å². The van der Waals surface area contributed by atoms with Gasteiger partial charge in [-0.3, -0.25) is 14.4 Å². The second-order valence-electron chi connectivity index (χ2n) is 12.4. The number of hydrogen-bond donors (Lipinski definition) is 4. The van der Waals surface area contributed by atoms with Crippen molar-refractivity contribution >= 4 is 47.5 Å². The average molecular weight is 685 g/mol. The molecule has 0 aromatic heterocycles. The number of carbonyl (C=O) groups is 6. The normalized spacial score (nSPS) is 14.1. The van der Waals surface area contributed by atoms with Gasteiger partial charge in [-0.05, 0) is 71.8 Å². The predicted octanol–water partition coefficient (Wildman–Crippen LogP) is 3.91. The molecule has 0 aliphatic heterocycles. The van der Waals surface area contributed by atoms with E-state index >= 15 is 0 Å². The predicted molar refractivity (Wildman–Crippen MR) is 182 cm³/mol. The van der Waals surface area contributed by atoms with Gasteiger partial charge in [-0.25, -0.2) is 14.4 Å². The fraction of sp³-hybridized carbons (Fsp3) is 0.697. The Morgan fingerprint density at radius 2 is 1.60 bits per heavy atom. The summed E-state index contributed by atoms with van der Waals surface area (Å²) in [5.74, 6) is -3.04. The van der Waals surface area contributed by atoms with Gasteiger partial charge in [0.15, 0.2) is 0 Å². The number of ether oxygens (including phenoxy) is 3. The van der Waals surface area contributed by atoms with Crippen LogP contribution in [0.3, 0.4) is 0 Å². The van der Waals surface area contributed by atoms with E-state index < -0.39 is 59.7 Å². The molecule has 0 saturated carbocycles. The smallest absolute Gasteiger partial charge is 0.408 e. The summed E-state index contributed by atoms with van der Waals surface area (Å²) >= 11 is 1.48. The quantitative estimate of drug-likeness (QED) is 0.0456. The molecule has 13 nitrogen and oxygen atoms in total. The first-order valence-electron chi connectivity index (χ1n) is 16.0. The number of hydrogen-bond acceptors (Lipinski definition) is 10. The van der Waals surface area contributed by atoms with Crippen molar-refractivity contribution in [3.63, 3.8) is 0 Å². The lowest BCUT2D eigenvalue weighted by atomic mass is 10.0. The SMILES string of the molecule is C=CCOC(=O)/C(=C\C)NC(=O)[C@@H](NC(=O)[C@H](CCSC)NC(=O)CCCCC)[C@@H](C)OC(=O)[C@H](CC(C)C)NC(=O)OC(C)(C)C. The third-order valence-corrected chi connectivity index (χ3v) is 7.05. The summed E-state index contributed by atoms with van der Waals surface area (Å²) in [5.41, 5.74) is -1.02. The average Bonchev–Trinajstić information content (AvgIpc) is 2.97. The van der Waals surface area contributed by atoms with Crippen LogP contribution in [-0.4, -0.2) is 84.2 Å². The lowest BCUT2D eigenvalue weighted by molar-refractivity contribution is -0.155. The summed E-state index contributed by atoms with van der Waals surface area (Å²) in [5, 5.41) is 10.3. The third kappa shape index (κ3) is 19.0. The minimum absolute atomic E-state index is 0.0337. The van der Waals surface area contributed by atoms with Gasteiger partial charge < -0.3 is 35.5 Å².